The number of aryl methyl sites for hydroxylation is 1. The summed E-state index contributed by atoms with van der Waals surface area (Å²) in [7, 11) is 0. The molecule has 3 rings (SSSR count). The van der Waals surface area contributed by atoms with Gasteiger partial charge in [-0.3, -0.25) is 5.10 Å². The van der Waals surface area contributed by atoms with Crippen molar-refractivity contribution in [1.29, 1.82) is 0 Å². The summed E-state index contributed by atoms with van der Waals surface area (Å²) in [5, 5.41) is 7.50. The van der Waals surface area contributed by atoms with Crippen molar-refractivity contribution >= 4 is 0 Å². The summed E-state index contributed by atoms with van der Waals surface area (Å²) in [5.41, 5.74) is 4.34. The summed E-state index contributed by atoms with van der Waals surface area (Å²) in [6, 6.07) is 6.70. The van der Waals surface area contributed by atoms with E-state index in [0.29, 0.717) is 0 Å². The molecule has 2 nitrogen and oxygen atoms in total. The molecule has 0 bridgehead atoms. The van der Waals surface area contributed by atoms with Gasteiger partial charge >= 0.3 is 0 Å². The van der Waals surface area contributed by atoms with Crippen LogP contribution in [0.2, 0.25) is 0 Å². The Morgan fingerprint density at radius 1 is 1.44 bits per heavy atom. The number of rotatable bonds is 2. The van der Waals surface area contributed by atoms with Gasteiger partial charge in [0.05, 0.1) is 5.69 Å². The average Bonchev–Trinajstić information content (AvgIpc) is 2.81. The van der Waals surface area contributed by atoms with Gasteiger partial charge in [-0.25, -0.2) is 4.39 Å². The Balaban J connectivity index is 2.02. The normalized spacial score (nSPS) is 18.7. The molecule has 0 saturated heterocycles. The van der Waals surface area contributed by atoms with Crippen LogP contribution in [0, 0.1) is 11.7 Å². The molecule has 1 aromatic heterocycles. The Labute approximate surface area is 106 Å². The lowest BCUT2D eigenvalue weighted by Gasteiger charge is -2.20. The fourth-order valence-corrected chi connectivity index (χ4v) is 2.79. The van der Waals surface area contributed by atoms with Gasteiger partial charge in [-0.1, -0.05) is 25.5 Å². The molecule has 1 atom stereocenters. The van der Waals surface area contributed by atoms with Crippen molar-refractivity contribution in [3.8, 4) is 11.3 Å². The molecule has 1 aromatic carbocycles. The van der Waals surface area contributed by atoms with E-state index in [1.54, 1.807) is 12.1 Å². The molecular weight excluding hydrogens is 227 g/mol. The van der Waals surface area contributed by atoms with E-state index < -0.39 is 0 Å². The molecule has 1 heterocycles. The van der Waals surface area contributed by atoms with E-state index in [0.717, 1.165) is 30.0 Å². The van der Waals surface area contributed by atoms with E-state index in [1.165, 1.54) is 30.2 Å². The van der Waals surface area contributed by atoms with Gasteiger partial charge in [-0.2, -0.15) is 5.10 Å². The first-order valence-corrected chi connectivity index (χ1v) is 6.60. The molecule has 0 fully saturated rings. The van der Waals surface area contributed by atoms with Gasteiger partial charge in [0, 0.05) is 16.8 Å². The number of fused-ring (bicyclic) bond motifs is 1. The van der Waals surface area contributed by atoms with Crippen LogP contribution in [0.4, 0.5) is 4.39 Å². The number of aromatic amines is 1. The highest BCUT2D eigenvalue weighted by Gasteiger charge is 2.23. The smallest absolute Gasteiger partial charge is 0.123 e. The number of nitrogens with one attached hydrogen (secondary N) is 1. The Morgan fingerprint density at radius 3 is 3.11 bits per heavy atom. The summed E-state index contributed by atoms with van der Waals surface area (Å²) in [6.07, 6.45) is 4.56. The minimum absolute atomic E-state index is 0.202. The molecule has 3 heteroatoms. The fourth-order valence-electron chi connectivity index (χ4n) is 2.79. The minimum Gasteiger partial charge on any atom is -0.282 e. The molecule has 0 saturated carbocycles. The summed E-state index contributed by atoms with van der Waals surface area (Å²) in [6.45, 7) is 2.23. The predicted molar refractivity (Wildman–Crippen MR) is 69.8 cm³/mol. The van der Waals surface area contributed by atoms with Crippen LogP contribution in [0.25, 0.3) is 11.3 Å². The summed E-state index contributed by atoms with van der Waals surface area (Å²) < 4.78 is 13.3. The molecular formula is C15H17FN2. The third-order valence-corrected chi connectivity index (χ3v) is 3.92. The number of H-pyrrole nitrogens is 1. The van der Waals surface area contributed by atoms with E-state index in [9.17, 15) is 4.39 Å². The highest BCUT2D eigenvalue weighted by molar-refractivity contribution is 5.64. The Kier molecular flexibility index (Phi) is 2.90. The third-order valence-electron chi connectivity index (χ3n) is 3.92. The molecule has 1 unspecified atom stereocenters. The highest BCUT2D eigenvalue weighted by atomic mass is 19.1. The van der Waals surface area contributed by atoms with Crippen LogP contribution in [0.1, 0.15) is 31.0 Å². The van der Waals surface area contributed by atoms with Gasteiger partial charge in [-0.05, 0) is 37.3 Å². The first kappa shape index (κ1) is 11.5. The lowest BCUT2D eigenvalue weighted by Crippen LogP contribution is -2.13. The summed E-state index contributed by atoms with van der Waals surface area (Å²) in [5.74, 6) is 0.537. The van der Waals surface area contributed by atoms with Crippen LogP contribution in [0.5, 0.6) is 0 Å². The zero-order chi connectivity index (χ0) is 12.5. The van der Waals surface area contributed by atoms with Crippen LogP contribution < -0.4 is 0 Å². The van der Waals surface area contributed by atoms with E-state index in [1.807, 2.05) is 6.07 Å². The number of nitrogens with zero attached hydrogens (tertiary/aromatic N) is 1. The molecule has 1 N–H and O–H groups in total. The summed E-state index contributed by atoms with van der Waals surface area (Å²) >= 11 is 0. The second-order valence-corrected chi connectivity index (χ2v) is 5.06. The highest BCUT2D eigenvalue weighted by Crippen LogP contribution is 2.33. The first-order chi connectivity index (χ1) is 8.78. The van der Waals surface area contributed by atoms with Crippen molar-refractivity contribution in [2.45, 2.75) is 32.6 Å². The molecule has 2 aromatic rings. The molecule has 18 heavy (non-hydrogen) atoms. The van der Waals surface area contributed by atoms with E-state index >= 15 is 0 Å². The Bertz CT molecular complexity index is 559. The van der Waals surface area contributed by atoms with Crippen molar-refractivity contribution in [3.05, 3.63) is 41.3 Å². The lowest BCUT2D eigenvalue weighted by molar-refractivity contribution is 0.443. The molecule has 0 aliphatic heterocycles. The molecule has 0 spiro atoms. The van der Waals surface area contributed by atoms with Crippen LogP contribution in [0.15, 0.2) is 24.3 Å². The van der Waals surface area contributed by atoms with Gasteiger partial charge in [-0.15, -0.1) is 0 Å². The maximum atomic E-state index is 13.3. The van der Waals surface area contributed by atoms with Crippen LogP contribution >= 0.6 is 0 Å². The standard InChI is InChI=1S/C15H17FN2/c1-2-10-6-7-14-13(8-10)15(18-17-14)11-4-3-5-12(16)9-11/h3-5,9-10H,2,6-8H2,1H3,(H,17,18). The van der Waals surface area contributed by atoms with E-state index in [4.69, 9.17) is 0 Å². The molecule has 0 amide bonds. The lowest BCUT2D eigenvalue weighted by atomic mass is 9.84. The predicted octanol–water partition coefficient (Wildman–Crippen LogP) is 3.73. The monoisotopic (exact) mass is 244 g/mol. The third kappa shape index (κ3) is 1.94. The van der Waals surface area contributed by atoms with Gasteiger partial charge < -0.3 is 0 Å². The second kappa shape index (κ2) is 4.56. The number of aromatic nitrogens is 2. The topological polar surface area (TPSA) is 28.7 Å². The number of benzene rings is 1. The minimum atomic E-state index is -0.202. The first-order valence-electron chi connectivity index (χ1n) is 6.60. The van der Waals surface area contributed by atoms with Crippen molar-refractivity contribution in [2.24, 2.45) is 5.92 Å². The van der Waals surface area contributed by atoms with Crippen LogP contribution in [0.3, 0.4) is 0 Å². The maximum Gasteiger partial charge on any atom is 0.123 e. The van der Waals surface area contributed by atoms with Crippen molar-refractivity contribution < 1.29 is 4.39 Å². The SMILES string of the molecule is CCC1CCc2[nH]nc(-c3cccc(F)c3)c2C1. The molecule has 1 aliphatic carbocycles. The van der Waals surface area contributed by atoms with Crippen LogP contribution in [-0.4, -0.2) is 10.2 Å². The fraction of sp³-hybridized carbons (Fsp3) is 0.400. The summed E-state index contributed by atoms with van der Waals surface area (Å²) in [4.78, 5) is 0. The van der Waals surface area contributed by atoms with Crippen LogP contribution in [-0.2, 0) is 12.8 Å². The van der Waals surface area contributed by atoms with E-state index in [2.05, 4.69) is 17.1 Å². The number of hydrogen-bond donors (Lipinski definition) is 1. The zero-order valence-corrected chi connectivity index (χ0v) is 10.5. The van der Waals surface area contributed by atoms with Gasteiger partial charge in [0.25, 0.3) is 0 Å². The second-order valence-electron chi connectivity index (χ2n) is 5.06. The van der Waals surface area contributed by atoms with Gasteiger partial charge in [0.15, 0.2) is 0 Å². The maximum absolute atomic E-state index is 13.3. The number of halogens is 1. The van der Waals surface area contributed by atoms with Gasteiger partial charge in [0.2, 0.25) is 0 Å². The van der Waals surface area contributed by atoms with Crippen molar-refractivity contribution in [1.82, 2.24) is 10.2 Å². The molecule has 94 valence electrons. The van der Waals surface area contributed by atoms with Crippen molar-refractivity contribution in [2.75, 3.05) is 0 Å². The molecule has 1 aliphatic rings. The Morgan fingerprint density at radius 2 is 2.33 bits per heavy atom. The van der Waals surface area contributed by atoms with Crippen molar-refractivity contribution in [3.63, 3.8) is 0 Å². The number of hydrogen-bond acceptors (Lipinski definition) is 1. The Hall–Kier alpha value is -1.64. The average molecular weight is 244 g/mol. The zero-order valence-electron chi connectivity index (χ0n) is 10.5. The van der Waals surface area contributed by atoms with Gasteiger partial charge in [0.1, 0.15) is 5.82 Å². The quantitative estimate of drug-likeness (QED) is 0.856. The molecule has 0 radical (unpaired) electrons. The largest absolute Gasteiger partial charge is 0.282 e. The van der Waals surface area contributed by atoms with E-state index in [-0.39, 0.29) is 5.82 Å².